The van der Waals surface area contributed by atoms with E-state index in [2.05, 4.69) is 21.8 Å². The van der Waals surface area contributed by atoms with Crippen LogP contribution in [0.25, 0.3) is 6.08 Å². The van der Waals surface area contributed by atoms with Gasteiger partial charge in [-0.05, 0) is 36.9 Å². The number of hydrogen-bond donors (Lipinski definition) is 0. The Morgan fingerprint density at radius 1 is 1.32 bits per heavy atom. The molecular formula is C16H12Cl2N4OS2. The van der Waals surface area contributed by atoms with Crippen molar-refractivity contribution in [2.24, 2.45) is 4.99 Å². The SMILES string of the molecule is C=CCN1C(=O)/C(=C\c2c(Cl)cccc2Cl)SC1=Nc1nnc(C)s1. The minimum atomic E-state index is -0.180. The summed E-state index contributed by atoms with van der Waals surface area (Å²) in [7, 11) is 0. The zero-order valence-corrected chi connectivity index (χ0v) is 16.2. The molecule has 1 amide bonds. The van der Waals surface area contributed by atoms with E-state index in [1.165, 1.54) is 28.0 Å². The first-order valence-electron chi connectivity index (χ1n) is 7.14. The van der Waals surface area contributed by atoms with Gasteiger partial charge in [0.25, 0.3) is 5.91 Å². The van der Waals surface area contributed by atoms with Crippen molar-refractivity contribution in [3.63, 3.8) is 0 Å². The Bertz CT molecular complexity index is 887. The molecule has 128 valence electrons. The maximum absolute atomic E-state index is 12.7. The van der Waals surface area contributed by atoms with E-state index in [1.807, 2.05) is 6.92 Å². The number of carbonyl (C=O) groups is 1. The van der Waals surface area contributed by atoms with Gasteiger partial charge in [-0.2, -0.15) is 4.99 Å². The summed E-state index contributed by atoms with van der Waals surface area (Å²) in [6, 6.07) is 5.21. The van der Waals surface area contributed by atoms with E-state index >= 15 is 0 Å². The molecule has 2 aromatic rings. The Hall–Kier alpha value is -1.67. The van der Waals surface area contributed by atoms with Crippen LogP contribution in [0.3, 0.4) is 0 Å². The van der Waals surface area contributed by atoms with Crippen molar-refractivity contribution in [3.05, 3.63) is 56.4 Å². The maximum atomic E-state index is 12.7. The molecular weight excluding hydrogens is 399 g/mol. The molecule has 0 spiro atoms. The Balaban J connectivity index is 2.00. The fourth-order valence-corrected chi connectivity index (χ4v) is 4.17. The van der Waals surface area contributed by atoms with Crippen molar-refractivity contribution in [2.75, 3.05) is 6.54 Å². The molecule has 0 radical (unpaired) electrons. The van der Waals surface area contributed by atoms with Gasteiger partial charge in [0.2, 0.25) is 5.13 Å². The minimum Gasteiger partial charge on any atom is -0.282 e. The lowest BCUT2D eigenvalue weighted by Gasteiger charge is -2.11. The van der Waals surface area contributed by atoms with Crippen LogP contribution in [-0.4, -0.2) is 32.7 Å². The van der Waals surface area contributed by atoms with Crippen molar-refractivity contribution >= 4 is 68.6 Å². The third kappa shape index (κ3) is 3.95. The maximum Gasteiger partial charge on any atom is 0.267 e. The van der Waals surface area contributed by atoms with E-state index in [-0.39, 0.29) is 5.91 Å². The Morgan fingerprint density at radius 2 is 2.04 bits per heavy atom. The highest BCUT2D eigenvalue weighted by Crippen LogP contribution is 2.37. The van der Waals surface area contributed by atoms with Crippen LogP contribution in [0.5, 0.6) is 0 Å². The lowest BCUT2D eigenvalue weighted by molar-refractivity contribution is -0.121. The first kappa shape index (κ1) is 18.1. The number of amides is 1. The molecule has 1 saturated heterocycles. The van der Waals surface area contributed by atoms with Crippen molar-refractivity contribution in [1.29, 1.82) is 0 Å². The molecule has 0 bridgehead atoms. The fourth-order valence-electron chi connectivity index (χ4n) is 2.07. The van der Waals surface area contributed by atoms with Crippen LogP contribution in [-0.2, 0) is 4.79 Å². The van der Waals surface area contributed by atoms with Crippen LogP contribution in [0.15, 0.2) is 40.8 Å². The summed E-state index contributed by atoms with van der Waals surface area (Å²) < 4.78 is 0. The Labute approximate surface area is 163 Å². The normalized spacial score (nSPS) is 17.7. The summed E-state index contributed by atoms with van der Waals surface area (Å²) >= 11 is 15.0. The summed E-state index contributed by atoms with van der Waals surface area (Å²) in [5, 5.41) is 10.7. The molecule has 2 heterocycles. The van der Waals surface area contributed by atoms with Crippen LogP contribution in [0.2, 0.25) is 10.0 Å². The van der Waals surface area contributed by atoms with E-state index in [1.54, 1.807) is 30.4 Å². The third-order valence-corrected chi connectivity index (χ3v) is 5.58. The second-order valence-corrected chi connectivity index (χ2v) is 7.93. The van der Waals surface area contributed by atoms with Gasteiger partial charge in [-0.25, -0.2) is 0 Å². The number of nitrogens with zero attached hydrogens (tertiary/aromatic N) is 4. The molecule has 0 unspecified atom stereocenters. The number of aryl methyl sites for hydroxylation is 1. The van der Waals surface area contributed by atoms with Gasteiger partial charge in [-0.3, -0.25) is 9.69 Å². The van der Waals surface area contributed by atoms with Crippen molar-refractivity contribution in [3.8, 4) is 0 Å². The summed E-state index contributed by atoms with van der Waals surface area (Å²) in [5.74, 6) is -0.180. The molecule has 9 heteroatoms. The lowest BCUT2D eigenvalue weighted by Crippen LogP contribution is -2.29. The molecule has 0 aliphatic carbocycles. The van der Waals surface area contributed by atoms with Crippen molar-refractivity contribution < 1.29 is 4.79 Å². The van der Waals surface area contributed by atoms with Gasteiger partial charge in [0, 0.05) is 22.2 Å². The van der Waals surface area contributed by atoms with Crippen LogP contribution in [0.4, 0.5) is 5.13 Å². The molecule has 0 N–H and O–H groups in total. The van der Waals surface area contributed by atoms with Crippen molar-refractivity contribution in [2.45, 2.75) is 6.92 Å². The molecule has 5 nitrogen and oxygen atoms in total. The standard InChI is InChI=1S/C16H12Cl2N4OS2/c1-3-7-22-14(23)13(8-10-11(17)5-4-6-12(10)18)25-16(22)19-15-21-20-9(2)24-15/h3-6,8H,1,7H2,2H3/b13-8+,19-16?. The monoisotopic (exact) mass is 410 g/mol. The van der Waals surface area contributed by atoms with Crippen LogP contribution >= 0.6 is 46.3 Å². The van der Waals surface area contributed by atoms with E-state index in [9.17, 15) is 4.79 Å². The Kier molecular flexibility index (Phi) is 5.58. The van der Waals surface area contributed by atoms with E-state index < -0.39 is 0 Å². The molecule has 0 saturated carbocycles. The highest BCUT2D eigenvalue weighted by molar-refractivity contribution is 8.18. The molecule has 0 atom stereocenters. The predicted octanol–water partition coefficient (Wildman–Crippen LogP) is 4.94. The zero-order chi connectivity index (χ0) is 18.0. The van der Waals surface area contributed by atoms with Gasteiger partial charge < -0.3 is 0 Å². The lowest BCUT2D eigenvalue weighted by atomic mass is 10.2. The van der Waals surface area contributed by atoms with Gasteiger partial charge in [0.1, 0.15) is 5.01 Å². The molecule has 1 aliphatic rings. The van der Waals surface area contributed by atoms with Crippen LogP contribution in [0.1, 0.15) is 10.6 Å². The van der Waals surface area contributed by atoms with Gasteiger partial charge in [0.05, 0.1) is 4.91 Å². The fraction of sp³-hybridized carbons (Fsp3) is 0.125. The number of thioether (sulfide) groups is 1. The highest BCUT2D eigenvalue weighted by atomic mass is 35.5. The summed E-state index contributed by atoms with van der Waals surface area (Å²) in [6.45, 7) is 5.89. The second kappa shape index (κ2) is 7.70. The quantitative estimate of drug-likeness (QED) is 0.528. The first-order chi connectivity index (χ1) is 12.0. The smallest absolute Gasteiger partial charge is 0.267 e. The van der Waals surface area contributed by atoms with Crippen LogP contribution in [0, 0.1) is 6.92 Å². The number of rotatable bonds is 4. The van der Waals surface area contributed by atoms with E-state index in [4.69, 9.17) is 23.2 Å². The van der Waals surface area contributed by atoms with Gasteiger partial charge in [0.15, 0.2) is 5.17 Å². The summed E-state index contributed by atoms with van der Waals surface area (Å²) in [6.07, 6.45) is 3.33. The number of halogens is 2. The highest BCUT2D eigenvalue weighted by Gasteiger charge is 2.33. The third-order valence-electron chi connectivity index (χ3n) is 3.18. The molecule has 1 aromatic heterocycles. The largest absolute Gasteiger partial charge is 0.282 e. The number of aliphatic imine (C=N–C) groups is 1. The molecule has 1 aliphatic heterocycles. The number of aromatic nitrogens is 2. The summed E-state index contributed by atoms with van der Waals surface area (Å²) in [5.41, 5.74) is 0.605. The summed E-state index contributed by atoms with van der Waals surface area (Å²) in [4.78, 5) is 19.2. The van der Waals surface area contributed by atoms with E-state index in [0.717, 1.165) is 5.01 Å². The topological polar surface area (TPSA) is 58.5 Å². The van der Waals surface area contributed by atoms with E-state index in [0.29, 0.717) is 37.4 Å². The number of carbonyl (C=O) groups excluding carboxylic acids is 1. The predicted molar refractivity (Wildman–Crippen MR) is 106 cm³/mol. The average Bonchev–Trinajstić information content (AvgIpc) is 3.10. The minimum absolute atomic E-state index is 0.180. The molecule has 1 fully saturated rings. The average molecular weight is 411 g/mol. The number of amidine groups is 1. The second-order valence-electron chi connectivity index (χ2n) is 4.95. The number of hydrogen-bond acceptors (Lipinski definition) is 6. The van der Waals surface area contributed by atoms with Gasteiger partial charge in [-0.15, -0.1) is 16.8 Å². The molecule has 1 aromatic carbocycles. The van der Waals surface area contributed by atoms with Crippen molar-refractivity contribution in [1.82, 2.24) is 15.1 Å². The number of benzene rings is 1. The van der Waals surface area contributed by atoms with Crippen LogP contribution < -0.4 is 0 Å². The zero-order valence-electron chi connectivity index (χ0n) is 13.1. The van der Waals surface area contributed by atoms with Gasteiger partial charge >= 0.3 is 0 Å². The molecule has 25 heavy (non-hydrogen) atoms. The Morgan fingerprint density at radius 3 is 2.64 bits per heavy atom. The van der Waals surface area contributed by atoms with Gasteiger partial charge in [-0.1, -0.05) is 46.7 Å². The molecule has 3 rings (SSSR count). The first-order valence-corrected chi connectivity index (χ1v) is 9.53.